The van der Waals surface area contributed by atoms with E-state index in [0.29, 0.717) is 28.2 Å². The van der Waals surface area contributed by atoms with Crippen molar-refractivity contribution in [3.05, 3.63) is 68.9 Å². The molecule has 0 amide bonds. The molecule has 0 saturated carbocycles. The van der Waals surface area contributed by atoms with Crippen molar-refractivity contribution in [1.29, 1.82) is 0 Å². The molecule has 1 aliphatic heterocycles. The number of esters is 1. The van der Waals surface area contributed by atoms with E-state index >= 15 is 0 Å². The molecule has 2 aromatic rings. The van der Waals surface area contributed by atoms with Crippen molar-refractivity contribution < 1.29 is 23.9 Å². The van der Waals surface area contributed by atoms with E-state index in [-0.39, 0.29) is 17.3 Å². The average molecular weight is 368 g/mol. The van der Waals surface area contributed by atoms with Gasteiger partial charge in [0.1, 0.15) is 0 Å². The summed E-state index contributed by atoms with van der Waals surface area (Å²) in [7, 11) is 3.04. The van der Waals surface area contributed by atoms with Gasteiger partial charge in [0.25, 0.3) is 5.69 Å². The molecule has 1 heterocycles. The van der Waals surface area contributed by atoms with Crippen LogP contribution in [-0.4, -0.2) is 31.0 Å². The SMILES string of the molecule is COc1ccc(/C=C2/N=C(c3ccc(C)c([N+](=O)[O-])c3)OC2=O)cc1OC. The highest BCUT2D eigenvalue weighted by atomic mass is 16.6. The van der Waals surface area contributed by atoms with Gasteiger partial charge in [-0.05, 0) is 36.8 Å². The molecule has 0 aromatic heterocycles. The number of methoxy groups -OCH3 is 2. The summed E-state index contributed by atoms with van der Waals surface area (Å²) in [6.07, 6.45) is 1.54. The highest BCUT2D eigenvalue weighted by Gasteiger charge is 2.26. The number of carbonyl (C=O) groups is 1. The molecule has 0 aliphatic carbocycles. The number of hydrogen-bond donors (Lipinski definition) is 0. The minimum absolute atomic E-state index is 0.0230. The summed E-state index contributed by atoms with van der Waals surface area (Å²) in [4.78, 5) is 26.9. The van der Waals surface area contributed by atoms with Gasteiger partial charge in [-0.15, -0.1) is 0 Å². The van der Waals surface area contributed by atoms with E-state index < -0.39 is 10.9 Å². The minimum Gasteiger partial charge on any atom is -0.493 e. The fourth-order valence-corrected chi connectivity index (χ4v) is 2.57. The second-order valence-corrected chi connectivity index (χ2v) is 5.71. The number of nitrogens with zero attached hydrogens (tertiary/aromatic N) is 2. The number of ether oxygens (including phenoxy) is 3. The van der Waals surface area contributed by atoms with Gasteiger partial charge in [0.05, 0.1) is 19.1 Å². The molecule has 0 atom stereocenters. The van der Waals surface area contributed by atoms with Gasteiger partial charge in [0, 0.05) is 17.2 Å². The summed E-state index contributed by atoms with van der Waals surface area (Å²) >= 11 is 0. The van der Waals surface area contributed by atoms with Crippen LogP contribution in [-0.2, 0) is 9.53 Å². The van der Waals surface area contributed by atoms with Crippen molar-refractivity contribution in [3.8, 4) is 11.5 Å². The number of rotatable bonds is 5. The van der Waals surface area contributed by atoms with Crippen LogP contribution in [0.3, 0.4) is 0 Å². The molecule has 8 heteroatoms. The van der Waals surface area contributed by atoms with Crippen LogP contribution in [0.5, 0.6) is 11.5 Å². The Kier molecular flexibility index (Phi) is 4.89. The van der Waals surface area contributed by atoms with Crippen molar-refractivity contribution in [3.63, 3.8) is 0 Å². The Hall–Kier alpha value is -3.68. The maximum absolute atomic E-state index is 12.1. The molecule has 2 aromatic carbocycles. The van der Waals surface area contributed by atoms with Gasteiger partial charge in [-0.1, -0.05) is 12.1 Å². The predicted octanol–water partition coefficient (Wildman–Crippen LogP) is 3.26. The third-order valence-corrected chi connectivity index (χ3v) is 3.98. The highest BCUT2D eigenvalue weighted by molar-refractivity contribution is 6.13. The Balaban J connectivity index is 1.96. The van der Waals surface area contributed by atoms with E-state index in [1.165, 1.54) is 20.3 Å². The first-order valence-corrected chi connectivity index (χ1v) is 7.93. The molecule has 0 saturated heterocycles. The first-order valence-electron chi connectivity index (χ1n) is 7.93. The first kappa shape index (κ1) is 18.1. The van der Waals surface area contributed by atoms with E-state index in [4.69, 9.17) is 14.2 Å². The minimum atomic E-state index is -0.636. The summed E-state index contributed by atoms with van der Waals surface area (Å²) in [6, 6.07) is 9.68. The van der Waals surface area contributed by atoms with Crippen molar-refractivity contribution in [2.75, 3.05) is 14.2 Å². The number of carbonyl (C=O) groups excluding carboxylic acids is 1. The average Bonchev–Trinajstić information content (AvgIpc) is 3.02. The molecule has 0 fully saturated rings. The summed E-state index contributed by atoms with van der Waals surface area (Å²) < 4.78 is 15.6. The van der Waals surface area contributed by atoms with Crippen LogP contribution in [0.4, 0.5) is 5.69 Å². The summed E-state index contributed by atoms with van der Waals surface area (Å²) in [6.45, 7) is 1.63. The Morgan fingerprint density at radius 3 is 2.52 bits per heavy atom. The lowest BCUT2D eigenvalue weighted by Gasteiger charge is -2.07. The van der Waals surface area contributed by atoms with E-state index in [2.05, 4.69) is 4.99 Å². The van der Waals surface area contributed by atoms with Gasteiger partial charge in [-0.3, -0.25) is 10.1 Å². The number of nitro benzene ring substituents is 1. The van der Waals surface area contributed by atoms with Crippen LogP contribution in [0.2, 0.25) is 0 Å². The summed E-state index contributed by atoms with van der Waals surface area (Å²) in [5.41, 5.74) is 1.55. The Morgan fingerprint density at radius 1 is 1.11 bits per heavy atom. The van der Waals surface area contributed by atoms with E-state index in [1.807, 2.05) is 0 Å². The lowest BCUT2D eigenvalue weighted by molar-refractivity contribution is -0.385. The zero-order valence-corrected chi connectivity index (χ0v) is 14.9. The predicted molar refractivity (Wildman–Crippen MR) is 98.0 cm³/mol. The number of hydrogen-bond acceptors (Lipinski definition) is 7. The van der Waals surface area contributed by atoms with E-state index in [9.17, 15) is 14.9 Å². The molecule has 27 heavy (non-hydrogen) atoms. The second kappa shape index (κ2) is 7.28. The standard InChI is InChI=1S/C19H16N2O6/c1-11-4-6-13(10-15(11)21(23)24)18-20-14(19(22)27-18)8-12-5-7-16(25-2)17(9-12)26-3/h4-10H,1-3H3/b14-8+. The van der Waals surface area contributed by atoms with Crippen molar-refractivity contribution in [2.24, 2.45) is 4.99 Å². The van der Waals surface area contributed by atoms with Gasteiger partial charge in [0.2, 0.25) is 5.90 Å². The maximum atomic E-state index is 12.1. The van der Waals surface area contributed by atoms with Crippen molar-refractivity contribution >= 4 is 23.6 Å². The third-order valence-electron chi connectivity index (χ3n) is 3.98. The Labute approximate surface area is 154 Å². The number of cyclic esters (lactones) is 1. The van der Waals surface area contributed by atoms with Gasteiger partial charge >= 0.3 is 5.97 Å². The molecule has 0 spiro atoms. The Bertz CT molecular complexity index is 994. The van der Waals surface area contributed by atoms with Gasteiger partial charge in [0.15, 0.2) is 17.2 Å². The molecular weight excluding hydrogens is 352 g/mol. The molecule has 1 aliphatic rings. The smallest absolute Gasteiger partial charge is 0.363 e. The fourth-order valence-electron chi connectivity index (χ4n) is 2.57. The summed E-state index contributed by atoms with van der Waals surface area (Å²) in [5, 5.41) is 11.1. The normalized spacial score (nSPS) is 14.7. The van der Waals surface area contributed by atoms with E-state index in [0.717, 1.165) is 0 Å². The van der Waals surface area contributed by atoms with Crippen LogP contribution < -0.4 is 9.47 Å². The number of aliphatic imine (C=N–C) groups is 1. The lowest BCUT2D eigenvalue weighted by atomic mass is 10.1. The van der Waals surface area contributed by atoms with Crippen LogP contribution in [0, 0.1) is 17.0 Å². The maximum Gasteiger partial charge on any atom is 0.363 e. The van der Waals surface area contributed by atoms with Crippen molar-refractivity contribution in [2.45, 2.75) is 6.92 Å². The van der Waals surface area contributed by atoms with Crippen LogP contribution in [0.25, 0.3) is 6.08 Å². The van der Waals surface area contributed by atoms with Crippen LogP contribution >= 0.6 is 0 Å². The molecule has 138 valence electrons. The topological polar surface area (TPSA) is 100 Å². The molecular formula is C19H16N2O6. The summed E-state index contributed by atoms with van der Waals surface area (Å²) in [5.74, 6) is 0.458. The molecule has 8 nitrogen and oxygen atoms in total. The molecule has 0 bridgehead atoms. The van der Waals surface area contributed by atoms with E-state index in [1.54, 1.807) is 43.3 Å². The molecule has 0 N–H and O–H groups in total. The number of aryl methyl sites for hydroxylation is 1. The van der Waals surface area contributed by atoms with Gasteiger partial charge in [-0.2, -0.15) is 0 Å². The monoisotopic (exact) mass is 368 g/mol. The Morgan fingerprint density at radius 2 is 1.85 bits per heavy atom. The first-order chi connectivity index (χ1) is 12.9. The van der Waals surface area contributed by atoms with Crippen LogP contribution in [0.1, 0.15) is 16.7 Å². The molecule has 0 unspecified atom stereocenters. The van der Waals surface area contributed by atoms with Gasteiger partial charge < -0.3 is 14.2 Å². The third kappa shape index (κ3) is 3.64. The molecule has 3 rings (SSSR count). The largest absolute Gasteiger partial charge is 0.493 e. The second-order valence-electron chi connectivity index (χ2n) is 5.71. The van der Waals surface area contributed by atoms with Crippen molar-refractivity contribution in [1.82, 2.24) is 0 Å². The quantitative estimate of drug-likeness (QED) is 0.347. The zero-order valence-electron chi connectivity index (χ0n) is 14.9. The zero-order chi connectivity index (χ0) is 19.6. The number of benzene rings is 2. The van der Waals surface area contributed by atoms with Crippen LogP contribution in [0.15, 0.2) is 47.1 Å². The molecule has 0 radical (unpaired) electrons. The van der Waals surface area contributed by atoms with Gasteiger partial charge in [-0.25, -0.2) is 9.79 Å². The highest BCUT2D eigenvalue weighted by Crippen LogP contribution is 2.29. The lowest BCUT2D eigenvalue weighted by Crippen LogP contribution is -2.06. The number of nitro groups is 1. The fraction of sp³-hybridized carbons (Fsp3) is 0.158.